The lowest BCUT2D eigenvalue weighted by atomic mass is 9.88. The third-order valence-corrected chi connectivity index (χ3v) is 4.98. The second-order valence-corrected chi connectivity index (χ2v) is 6.44. The van der Waals surface area contributed by atoms with Crippen LogP contribution in [0.3, 0.4) is 0 Å². The fraction of sp³-hybridized carbons (Fsp3) is 0.647. The summed E-state index contributed by atoms with van der Waals surface area (Å²) in [6.45, 7) is 1.91. The minimum atomic E-state index is -0.868. The molecule has 7 heteroatoms. The number of aliphatic hydroxyl groups is 1. The lowest BCUT2D eigenvalue weighted by Crippen LogP contribution is -2.81. The van der Waals surface area contributed by atoms with Crippen molar-refractivity contribution in [2.45, 2.75) is 43.0 Å². The highest BCUT2D eigenvalue weighted by Gasteiger charge is 2.59. The molecule has 0 bridgehead atoms. The van der Waals surface area contributed by atoms with E-state index >= 15 is 0 Å². The number of hydrogen-bond donors (Lipinski definition) is 3. The highest BCUT2D eigenvalue weighted by molar-refractivity contribution is 5.17. The summed E-state index contributed by atoms with van der Waals surface area (Å²) in [4.78, 5) is 0. The van der Waals surface area contributed by atoms with Gasteiger partial charge in [0.05, 0.1) is 6.61 Å². The van der Waals surface area contributed by atoms with Gasteiger partial charge < -0.3 is 24.1 Å². The minimum Gasteiger partial charge on any atom is -0.387 e. The molecule has 132 valence electrons. The van der Waals surface area contributed by atoms with E-state index in [-0.39, 0.29) is 6.10 Å². The molecule has 0 aromatic heterocycles. The largest absolute Gasteiger partial charge is 0.387 e. The van der Waals surface area contributed by atoms with Crippen LogP contribution in [-0.2, 0) is 18.9 Å². The third kappa shape index (κ3) is 2.66. The SMILES string of the molecule is CO[C@H]1O[C@@H]2COC(c3ccccc3)O[C@H]2[C@H](O)C12NCCCN2. The van der Waals surface area contributed by atoms with Crippen molar-refractivity contribution in [3.63, 3.8) is 0 Å². The fourth-order valence-electron chi connectivity index (χ4n) is 3.75. The van der Waals surface area contributed by atoms with E-state index in [4.69, 9.17) is 18.9 Å². The van der Waals surface area contributed by atoms with Gasteiger partial charge in [0.1, 0.15) is 18.3 Å². The zero-order valence-corrected chi connectivity index (χ0v) is 13.7. The van der Waals surface area contributed by atoms with Crippen LogP contribution in [0, 0.1) is 0 Å². The minimum absolute atomic E-state index is 0.344. The number of fused-ring (bicyclic) bond motifs is 1. The number of rotatable bonds is 2. The van der Waals surface area contributed by atoms with Crippen LogP contribution in [0.1, 0.15) is 18.3 Å². The Labute approximate surface area is 141 Å². The average molecular weight is 336 g/mol. The first kappa shape index (κ1) is 16.4. The number of aliphatic hydroxyl groups excluding tert-OH is 1. The van der Waals surface area contributed by atoms with E-state index in [0.717, 1.165) is 25.1 Å². The van der Waals surface area contributed by atoms with Gasteiger partial charge in [0.2, 0.25) is 0 Å². The van der Waals surface area contributed by atoms with Crippen LogP contribution in [0.5, 0.6) is 0 Å². The molecule has 3 aliphatic heterocycles. The van der Waals surface area contributed by atoms with E-state index in [1.807, 2.05) is 30.3 Å². The first-order chi connectivity index (χ1) is 11.7. The topological polar surface area (TPSA) is 81.2 Å². The molecule has 1 spiro atoms. The molecule has 5 atom stereocenters. The van der Waals surface area contributed by atoms with Crippen LogP contribution >= 0.6 is 0 Å². The van der Waals surface area contributed by atoms with E-state index in [2.05, 4.69) is 10.6 Å². The van der Waals surface area contributed by atoms with Crippen molar-refractivity contribution >= 4 is 0 Å². The first-order valence-electron chi connectivity index (χ1n) is 8.43. The first-order valence-corrected chi connectivity index (χ1v) is 8.43. The summed E-state index contributed by atoms with van der Waals surface area (Å²) in [6, 6.07) is 9.72. The molecule has 3 aliphatic rings. The van der Waals surface area contributed by atoms with Crippen LogP contribution in [-0.4, -0.2) is 62.2 Å². The van der Waals surface area contributed by atoms with E-state index in [1.54, 1.807) is 7.11 Å². The van der Waals surface area contributed by atoms with Crippen LogP contribution < -0.4 is 10.6 Å². The lowest BCUT2D eigenvalue weighted by Gasteiger charge is -2.55. The molecule has 4 rings (SSSR count). The molecular weight excluding hydrogens is 312 g/mol. The molecule has 1 aromatic rings. The van der Waals surface area contributed by atoms with Crippen molar-refractivity contribution in [3.05, 3.63) is 35.9 Å². The van der Waals surface area contributed by atoms with Gasteiger partial charge in [-0.2, -0.15) is 0 Å². The summed E-state index contributed by atoms with van der Waals surface area (Å²) in [5.41, 5.74) is 0.0582. The summed E-state index contributed by atoms with van der Waals surface area (Å²) < 4.78 is 23.4. The summed E-state index contributed by atoms with van der Waals surface area (Å²) >= 11 is 0. The van der Waals surface area contributed by atoms with E-state index < -0.39 is 30.5 Å². The highest BCUT2D eigenvalue weighted by Crippen LogP contribution is 2.37. The zero-order valence-electron chi connectivity index (χ0n) is 13.7. The maximum absolute atomic E-state index is 11.1. The van der Waals surface area contributed by atoms with Gasteiger partial charge in [0, 0.05) is 12.7 Å². The number of ether oxygens (including phenoxy) is 4. The van der Waals surface area contributed by atoms with Crippen molar-refractivity contribution in [1.82, 2.24) is 10.6 Å². The van der Waals surface area contributed by atoms with E-state index in [9.17, 15) is 5.11 Å². The van der Waals surface area contributed by atoms with Crippen molar-refractivity contribution < 1.29 is 24.1 Å². The van der Waals surface area contributed by atoms with E-state index in [1.165, 1.54) is 0 Å². The molecule has 3 fully saturated rings. The Balaban J connectivity index is 1.57. The van der Waals surface area contributed by atoms with Crippen LogP contribution in [0.2, 0.25) is 0 Å². The predicted octanol–water partition coefficient (Wildman–Crippen LogP) is 0.112. The van der Waals surface area contributed by atoms with Crippen molar-refractivity contribution in [3.8, 4) is 0 Å². The second kappa shape index (κ2) is 6.68. The predicted molar refractivity (Wildman–Crippen MR) is 85.0 cm³/mol. The molecule has 0 radical (unpaired) electrons. The Hall–Kier alpha value is -1.06. The molecule has 3 heterocycles. The number of benzene rings is 1. The van der Waals surface area contributed by atoms with Gasteiger partial charge in [0.25, 0.3) is 0 Å². The molecule has 0 saturated carbocycles. The van der Waals surface area contributed by atoms with E-state index in [0.29, 0.717) is 6.61 Å². The van der Waals surface area contributed by atoms with Crippen LogP contribution in [0.25, 0.3) is 0 Å². The summed E-state index contributed by atoms with van der Waals surface area (Å²) in [5.74, 6) is 0. The smallest absolute Gasteiger partial charge is 0.192 e. The number of nitrogens with one attached hydrogen (secondary N) is 2. The maximum atomic E-state index is 11.1. The van der Waals surface area contributed by atoms with Crippen molar-refractivity contribution in [1.29, 1.82) is 0 Å². The fourth-order valence-corrected chi connectivity index (χ4v) is 3.75. The monoisotopic (exact) mass is 336 g/mol. The molecule has 7 nitrogen and oxygen atoms in total. The molecule has 0 aliphatic carbocycles. The average Bonchev–Trinajstić information content (AvgIpc) is 2.66. The normalized spacial score (nSPS) is 38.7. The van der Waals surface area contributed by atoms with Gasteiger partial charge >= 0.3 is 0 Å². The molecule has 3 N–H and O–H groups in total. The molecule has 24 heavy (non-hydrogen) atoms. The Morgan fingerprint density at radius 2 is 1.92 bits per heavy atom. The van der Waals surface area contributed by atoms with Crippen molar-refractivity contribution in [2.24, 2.45) is 0 Å². The Bertz CT molecular complexity index is 551. The highest BCUT2D eigenvalue weighted by atomic mass is 16.7. The Kier molecular flexibility index (Phi) is 4.57. The Morgan fingerprint density at radius 1 is 1.17 bits per heavy atom. The van der Waals surface area contributed by atoms with Gasteiger partial charge in [0.15, 0.2) is 18.2 Å². The lowest BCUT2D eigenvalue weighted by molar-refractivity contribution is -0.363. The van der Waals surface area contributed by atoms with Crippen LogP contribution in [0.15, 0.2) is 30.3 Å². The molecule has 1 unspecified atom stereocenters. The zero-order chi connectivity index (χ0) is 16.6. The maximum Gasteiger partial charge on any atom is 0.192 e. The summed E-state index contributed by atoms with van der Waals surface area (Å²) in [6.07, 6.45) is -1.85. The molecular formula is C17H24N2O5. The standard InChI is InChI=1S/C17H24N2O5/c1-21-16-17(18-8-5-9-19-17)14(20)13-12(23-16)10-22-15(24-13)11-6-3-2-4-7-11/h2-4,6-7,12-16,18-20H,5,8-10H2,1H3/t12-,13-,14+,15?,16+/m1/s1. The summed E-state index contributed by atoms with van der Waals surface area (Å²) in [7, 11) is 1.58. The Morgan fingerprint density at radius 3 is 2.62 bits per heavy atom. The van der Waals surface area contributed by atoms with Gasteiger partial charge in [-0.25, -0.2) is 0 Å². The quantitative estimate of drug-likeness (QED) is 0.707. The van der Waals surface area contributed by atoms with Crippen LogP contribution in [0.4, 0.5) is 0 Å². The second-order valence-electron chi connectivity index (χ2n) is 6.44. The third-order valence-electron chi connectivity index (χ3n) is 4.98. The molecule has 0 amide bonds. The molecule has 3 saturated heterocycles. The van der Waals surface area contributed by atoms with Gasteiger partial charge in [-0.15, -0.1) is 0 Å². The van der Waals surface area contributed by atoms with Gasteiger partial charge in [-0.1, -0.05) is 30.3 Å². The van der Waals surface area contributed by atoms with Gasteiger partial charge in [-0.3, -0.25) is 10.6 Å². The number of methoxy groups -OCH3 is 1. The van der Waals surface area contributed by atoms with Crippen molar-refractivity contribution in [2.75, 3.05) is 26.8 Å². The molecule has 1 aromatic carbocycles. The summed E-state index contributed by atoms with van der Waals surface area (Å²) in [5, 5.41) is 17.8. The number of hydrogen-bond acceptors (Lipinski definition) is 7. The van der Waals surface area contributed by atoms with Gasteiger partial charge in [-0.05, 0) is 19.5 Å².